The van der Waals surface area contributed by atoms with Crippen molar-refractivity contribution in [2.45, 2.75) is 13.5 Å². The van der Waals surface area contributed by atoms with Gasteiger partial charge in [0.15, 0.2) is 11.2 Å². The van der Waals surface area contributed by atoms with Gasteiger partial charge in [-0.25, -0.2) is 4.79 Å². The van der Waals surface area contributed by atoms with E-state index in [1.54, 1.807) is 11.4 Å². The smallest absolute Gasteiger partial charge is 0.310 e. The number of aryl methyl sites for hydroxylation is 2. The van der Waals surface area contributed by atoms with E-state index < -0.39 is 0 Å². The number of aromatic nitrogens is 5. The first-order valence-electron chi connectivity index (χ1n) is 8.34. The molecule has 0 aliphatic rings. The highest BCUT2D eigenvalue weighted by atomic mass is 16.2. The Balaban J connectivity index is 1.86. The Labute approximate surface area is 149 Å². The van der Waals surface area contributed by atoms with Gasteiger partial charge in [-0.1, -0.05) is 42.5 Å². The second-order valence-corrected chi connectivity index (χ2v) is 6.35. The number of nitrogens with zero attached hydrogens (tertiary/aromatic N) is 5. The molecule has 0 unspecified atom stereocenters. The highest BCUT2D eigenvalue weighted by Gasteiger charge is 2.18. The molecule has 0 N–H and O–H groups in total. The van der Waals surface area contributed by atoms with Crippen LogP contribution in [-0.4, -0.2) is 23.1 Å². The third kappa shape index (κ3) is 2.32. The van der Waals surface area contributed by atoms with Crippen LogP contribution in [0.15, 0.2) is 52.2 Å². The summed E-state index contributed by atoms with van der Waals surface area (Å²) in [5.41, 5.74) is 2.21. The minimum atomic E-state index is -0.379. The molecular formula is C19H19N5O2. The van der Waals surface area contributed by atoms with E-state index in [0.717, 1.165) is 15.8 Å². The van der Waals surface area contributed by atoms with Crippen molar-refractivity contribution in [2.75, 3.05) is 0 Å². The lowest BCUT2D eigenvalue weighted by atomic mass is 10.2. The molecule has 0 amide bonds. The molecule has 3 aromatic heterocycles. The number of benzene rings is 1. The minimum absolute atomic E-state index is 0.340. The molecule has 0 bridgehead atoms. The number of allylic oxidation sites excluding steroid dienone is 1. The van der Waals surface area contributed by atoms with Gasteiger partial charge in [-0.15, -0.1) is 0 Å². The summed E-state index contributed by atoms with van der Waals surface area (Å²) in [6.45, 7) is 2.60. The summed E-state index contributed by atoms with van der Waals surface area (Å²) in [7, 11) is 3.11. The van der Waals surface area contributed by atoms with Crippen molar-refractivity contribution in [3.05, 3.63) is 74.7 Å². The summed E-state index contributed by atoms with van der Waals surface area (Å²) in [5, 5.41) is 0. The average Bonchev–Trinajstić information content (AvgIpc) is 3.15. The van der Waals surface area contributed by atoms with Gasteiger partial charge in [-0.2, -0.15) is 4.98 Å². The standard InChI is InChI=1S/C19H19N5O2/c1-13-12-24-15-16(21(2)19(26)22(3)17(15)25)20-18(24)23(13)11-7-10-14-8-5-4-6-9-14/h4-10,12H,11H2,1-3H3/b10-7-. The highest BCUT2D eigenvalue weighted by Crippen LogP contribution is 2.16. The lowest BCUT2D eigenvalue weighted by Gasteiger charge is -2.02. The van der Waals surface area contributed by atoms with Crippen LogP contribution < -0.4 is 11.2 Å². The zero-order valence-corrected chi connectivity index (χ0v) is 14.9. The predicted octanol–water partition coefficient (Wildman–Crippen LogP) is 1.71. The average molecular weight is 349 g/mol. The van der Waals surface area contributed by atoms with Crippen LogP contribution >= 0.6 is 0 Å². The van der Waals surface area contributed by atoms with E-state index in [1.807, 2.05) is 54.1 Å². The second-order valence-electron chi connectivity index (χ2n) is 6.35. The number of rotatable bonds is 3. The molecule has 4 aromatic rings. The Kier molecular flexibility index (Phi) is 3.64. The predicted molar refractivity (Wildman–Crippen MR) is 101 cm³/mol. The maximum Gasteiger partial charge on any atom is 0.332 e. The lowest BCUT2D eigenvalue weighted by Crippen LogP contribution is -2.37. The summed E-state index contributed by atoms with van der Waals surface area (Å²) in [6.07, 6.45) is 5.99. The molecule has 26 heavy (non-hydrogen) atoms. The summed E-state index contributed by atoms with van der Waals surface area (Å²) in [6, 6.07) is 10.1. The Morgan fingerprint density at radius 2 is 1.81 bits per heavy atom. The van der Waals surface area contributed by atoms with Crippen LogP contribution in [0.3, 0.4) is 0 Å². The molecule has 7 nitrogen and oxygen atoms in total. The van der Waals surface area contributed by atoms with E-state index in [2.05, 4.69) is 11.1 Å². The molecule has 0 saturated heterocycles. The molecule has 0 fully saturated rings. The normalized spacial score (nSPS) is 12.0. The minimum Gasteiger partial charge on any atom is -0.310 e. The van der Waals surface area contributed by atoms with E-state index in [4.69, 9.17) is 0 Å². The first-order valence-corrected chi connectivity index (χ1v) is 8.34. The molecule has 1 aromatic carbocycles. The Hall–Kier alpha value is -3.35. The number of hydrogen-bond acceptors (Lipinski definition) is 3. The third-order valence-electron chi connectivity index (χ3n) is 4.65. The van der Waals surface area contributed by atoms with Gasteiger partial charge >= 0.3 is 5.69 Å². The van der Waals surface area contributed by atoms with Gasteiger partial charge in [-0.3, -0.25) is 18.3 Å². The van der Waals surface area contributed by atoms with Crippen molar-refractivity contribution < 1.29 is 0 Å². The Morgan fingerprint density at radius 3 is 2.54 bits per heavy atom. The van der Waals surface area contributed by atoms with Crippen molar-refractivity contribution in [2.24, 2.45) is 14.1 Å². The molecule has 3 heterocycles. The van der Waals surface area contributed by atoms with Gasteiger partial charge in [0.25, 0.3) is 5.56 Å². The molecule has 0 radical (unpaired) electrons. The zero-order chi connectivity index (χ0) is 18.4. The number of imidazole rings is 2. The van der Waals surface area contributed by atoms with Gasteiger partial charge < -0.3 is 4.57 Å². The zero-order valence-electron chi connectivity index (χ0n) is 14.9. The molecule has 7 heteroatoms. The topological polar surface area (TPSA) is 66.2 Å². The van der Waals surface area contributed by atoms with Gasteiger partial charge in [-0.05, 0) is 12.5 Å². The van der Waals surface area contributed by atoms with Gasteiger partial charge in [0.05, 0.1) is 0 Å². The van der Waals surface area contributed by atoms with Crippen molar-refractivity contribution >= 4 is 23.0 Å². The lowest BCUT2D eigenvalue weighted by molar-refractivity contribution is 0.707. The first-order chi connectivity index (χ1) is 12.5. The summed E-state index contributed by atoms with van der Waals surface area (Å²) in [5.74, 6) is 0.647. The number of fused-ring (bicyclic) bond motifs is 3. The van der Waals surface area contributed by atoms with Gasteiger partial charge in [0, 0.05) is 32.5 Å². The first kappa shape index (κ1) is 16.1. The third-order valence-corrected chi connectivity index (χ3v) is 4.65. The largest absolute Gasteiger partial charge is 0.332 e. The van der Waals surface area contributed by atoms with Crippen LogP contribution in [0, 0.1) is 6.92 Å². The van der Waals surface area contributed by atoms with E-state index >= 15 is 0 Å². The fourth-order valence-corrected chi connectivity index (χ4v) is 3.21. The maximum absolute atomic E-state index is 12.6. The van der Waals surface area contributed by atoms with Crippen molar-refractivity contribution in [3.63, 3.8) is 0 Å². The van der Waals surface area contributed by atoms with E-state index in [0.29, 0.717) is 23.5 Å². The molecule has 0 saturated carbocycles. The second kappa shape index (κ2) is 5.87. The van der Waals surface area contributed by atoms with Crippen LogP contribution in [0.2, 0.25) is 0 Å². The van der Waals surface area contributed by atoms with Crippen molar-refractivity contribution in [3.8, 4) is 0 Å². The fourth-order valence-electron chi connectivity index (χ4n) is 3.21. The highest BCUT2D eigenvalue weighted by molar-refractivity contribution is 5.75. The molecule has 0 atom stereocenters. The van der Waals surface area contributed by atoms with Crippen molar-refractivity contribution in [1.29, 1.82) is 0 Å². The van der Waals surface area contributed by atoms with Gasteiger partial charge in [0.2, 0.25) is 5.78 Å². The summed E-state index contributed by atoms with van der Waals surface area (Å²) >= 11 is 0. The van der Waals surface area contributed by atoms with E-state index in [9.17, 15) is 9.59 Å². The van der Waals surface area contributed by atoms with Crippen LogP contribution in [0.25, 0.3) is 23.0 Å². The maximum atomic E-state index is 12.6. The van der Waals surface area contributed by atoms with Crippen LogP contribution in [-0.2, 0) is 20.6 Å². The molecule has 0 aliphatic heterocycles. The van der Waals surface area contributed by atoms with Gasteiger partial charge in [0.1, 0.15) is 0 Å². The van der Waals surface area contributed by atoms with E-state index in [-0.39, 0.29) is 11.2 Å². The van der Waals surface area contributed by atoms with Crippen LogP contribution in [0.1, 0.15) is 11.3 Å². The summed E-state index contributed by atoms with van der Waals surface area (Å²) in [4.78, 5) is 29.3. The quantitative estimate of drug-likeness (QED) is 0.565. The fraction of sp³-hybridized carbons (Fsp3) is 0.211. The van der Waals surface area contributed by atoms with Crippen LogP contribution in [0.4, 0.5) is 0 Å². The molecule has 132 valence electrons. The molecular weight excluding hydrogens is 330 g/mol. The number of hydrogen-bond donors (Lipinski definition) is 0. The monoisotopic (exact) mass is 349 g/mol. The van der Waals surface area contributed by atoms with E-state index in [1.165, 1.54) is 11.6 Å². The Morgan fingerprint density at radius 1 is 1.08 bits per heavy atom. The van der Waals surface area contributed by atoms with Crippen molar-refractivity contribution in [1.82, 2.24) is 23.1 Å². The Bertz CT molecular complexity index is 1270. The molecule has 0 aliphatic carbocycles. The SMILES string of the molecule is Cc1cn2c3c(=O)n(C)c(=O)n(C)c3nc2n1C/C=C\c1ccccc1. The summed E-state index contributed by atoms with van der Waals surface area (Å²) < 4.78 is 6.30. The van der Waals surface area contributed by atoms with Crippen LogP contribution in [0.5, 0.6) is 0 Å². The molecule has 4 rings (SSSR count). The molecule has 0 spiro atoms.